The number of nitrogens with zero attached hydrogens (tertiary/aromatic N) is 4. The minimum absolute atomic E-state index is 0.172. The third kappa shape index (κ3) is 6.94. The standard InChI is InChI=1S/C24H32N4O2/c1-27(17-13-22-8-2-3-15-26-22)23(29)11-10-21-7-5-16-28(19-21)24(30)12-9-20-6-4-14-25-18-20/h2-4,6,8,14-15,18,21H,5,7,9-13,16-17,19H2,1H3/t21-/m1/s1. The second kappa shape index (κ2) is 11.4. The highest BCUT2D eigenvalue weighted by atomic mass is 16.2. The number of likely N-dealkylation sites (N-methyl/N-ethyl adjacent to an activating group) is 1. The molecule has 0 radical (unpaired) electrons. The summed E-state index contributed by atoms with van der Waals surface area (Å²) in [4.78, 5) is 37.3. The van der Waals surface area contributed by atoms with Crippen molar-refractivity contribution in [1.82, 2.24) is 19.8 Å². The van der Waals surface area contributed by atoms with Gasteiger partial charge in [0.1, 0.15) is 0 Å². The second-order valence-corrected chi connectivity index (χ2v) is 8.13. The van der Waals surface area contributed by atoms with Crippen molar-refractivity contribution in [3.05, 3.63) is 60.2 Å². The minimum Gasteiger partial charge on any atom is -0.345 e. The number of aryl methyl sites for hydroxylation is 1. The van der Waals surface area contributed by atoms with Gasteiger partial charge in [-0.25, -0.2) is 0 Å². The van der Waals surface area contributed by atoms with Gasteiger partial charge in [-0.2, -0.15) is 0 Å². The SMILES string of the molecule is CN(CCc1ccccn1)C(=O)CC[C@H]1CCCN(C(=O)CCc2cccnc2)C1. The van der Waals surface area contributed by atoms with Crippen molar-refractivity contribution in [1.29, 1.82) is 0 Å². The summed E-state index contributed by atoms with van der Waals surface area (Å²) in [5.41, 5.74) is 2.10. The van der Waals surface area contributed by atoms with Crippen molar-refractivity contribution < 1.29 is 9.59 Å². The highest BCUT2D eigenvalue weighted by Crippen LogP contribution is 2.22. The van der Waals surface area contributed by atoms with Gasteiger partial charge in [0.2, 0.25) is 11.8 Å². The maximum atomic E-state index is 12.6. The van der Waals surface area contributed by atoms with Crippen molar-refractivity contribution in [2.45, 2.75) is 44.9 Å². The third-order valence-corrected chi connectivity index (χ3v) is 5.84. The van der Waals surface area contributed by atoms with E-state index < -0.39 is 0 Å². The Bertz CT molecular complexity index is 797. The van der Waals surface area contributed by atoms with Gasteiger partial charge in [0.05, 0.1) is 0 Å². The Hall–Kier alpha value is -2.76. The summed E-state index contributed by atoms with van der Waals surface area (Å²) in [6.45, 7) is 2.29. The molecule has 1 atom stereocenters. The van der Waals surface area contributed by atoms with Gasteiger partial charge in [0, 0.05) is 70.2 Å². The molecule has 6 heteroatoms. The van der Waals surface area contributed by atoms with Crippen LogP contribution in [0.1, 0.15) is 43.4 Å². The molecule has 6 nitrogen and oxygen atoms in total. The average molecular weight is 409 g/mol. The average Bonchev–Trinajstić information content (AvgIpc) is 2.81. The Labute approximate surface area is 179 Å². The topological polar surface area (TPSA) is 66.4 Å². The van der Waals surface area contributed by atoms with Crippen LogP contribution in [0.5, 0.6) is 0 Å². The number of likely N-dealkylation sites (tertiary alicyclic amines) is 1. The van der Waals surface area contributed by atoms with Gasteiger partial charge in [0.15, 0.2) is 0 Å². The number of piperidine rings is 1. The molecular weight excluding hydrogens is 376 g/mol. The van der Waals surface area contributed by atoms with E-state index in [4.69, 9.17) is 0 Å². The summed E-state index contributed by atoms with van der Waals surface area (Å²) in [5, 5.41) is 0. The molecule has 3 rings (SSSR count). The molecule has 0 N–H and O–H groups in total. The fraction of sp³-hybridized carbons (Fsp3) is 0.500. The van der Waals surface area contributed by atoms with Crippen LogP contribution in [0.15, 0.2) is 48.9 Å². The Morgan fingerprint density at radius 2 is 2.03 bits per heavy atom. The zero-order valence-corrected chi connectivity index (χ0v) is 17.9. The number of hydrogen-bond donors (Lipinski definition) is 0. The zero-order chi connectivity index (χ0) is 21.2. The molecule has 0 unspecified atom stereocenters. The summed E-state index contributed by atoms with van der Waals surface area (Å²) in [5.74, 6) is 0.794. The van der Waals surface area contributed by atoms with Crippen molar-refractivity contribution in [3.63, 3.8) is 0 Å². The van der Waals surface area contributed by atoms with Gasteiger partial charge >= 0.3 is 0 Å². The molecule has 1 aliphatic rings. The summed E-state index contributed by atoms with van der Waals surface area (Å²) in [6, 6.07) is 9.77. The molecule has 0 spiro atoms. The van der Waals surface area contributed by atoms with Crippen LogP contribution in [-0.2, 0) is 22.4 Å². The van der Waals surface area contributed by atoms with Crippen LogP contribution in [0.25, 0.3) is 0 Å². The van der Waals surface area contributed by atoms with E-state index in [1.165, 1.54) is 0 Å². The summed E-state index contributed by atoms with van der Waals surface area (Å²) < 4.78 is 0. The maximum Gasteiger partial charge on any atom is 0.222 e. The van der Waals surface area contributed by atoms with Gasteiger partial charge in [0.25, 0.3) is 0 Å². The lowest BCUT2D eigenvalue weighted by Gasteiger charge is -2.33. The van der Waals surface area contributed by atoms with E-state index in [1.807, 2.05) is 48.5 Å². The molecule has 1 aliphatic heterocycles. The van der Waals surface area contributed by atoms with Gasteiger partial charge < -0.3 is 9.80 Å². The monoisotopic (exact) mass is 408 g/mol. The van der Waals surface area contributed by atoms with Crippen molar-refractivity contribution in [2.24, 2.45) is 5.92 Å². The van der Waals surface area contributed by atoms with Crippen LogP contribution in [0.3, 0.4) is 0 Å². The van der Waals surface area contributed by atoms with Crippen LogP contribution in [0.2, 0.25) is 0 Å². The lowest BCUT2D eigenvalue weighted by molar-refractivity contribution is -0.133. The van der Waals surface area contributed by atoms with E-state index in [0.29, 0.717) is 25.3 Å². The van der Waals surface area contributed by atoms with Crippen LogP contribution in [0, 0.1) is 5.92 Å². The zero-order valence-electron chi connectivity index (χ0n) is 17.9. The first-order valence-corrected chi connectivity index (χ1v) is 10.9. The Balaban J connectivity index is 1.37. The van der Waals surface area contributed by atoms with E-state index in [0.717, 1.165) is 56.5 Å². The van der Waals surface area contributed by atoms with Crippen LogP contribution >= 0.6 is 0 Å². The molecular formula is C24H32N4O2. The van der Waals surface area contributed by atoms with Gasteiger partial charge in [-0.05, 0) is 55.4 Å². The van der Waals surface area contributed by atoms with Crippen molar-refractivity contribution >= 4 is 11.8 Å². The van der Waals surface area contributed by atoms with Crippen molar-refractivity contribution in [2.75, 3.05) is 26.7 Å². The number of hydrogen-bond acceptors (Lipinski definition) is 4. The molecule has 0 aromatic carbocycles. The van der Waals surface area contributed by atoms with Crippen LogP contribution in [-0.4, -0.2) is 58.3 Å². The van der Waals surface area contributed by atoms with Crippen molar-refractivity contribution in [3.8, 4) is 0 Å². The molecule has 2 amide bonds. The van der Waals surface area contributed by atoms with E-state index in [-0.39, 0.29) is 11.8 Å². The number of rotatable bonds is 9. The second-order valence-electron chi connectivity index (χ2n) is 8.13. The number of pyridine rings is 2. The molecule has 1 fully saturated rings. The largest absolute Gasteiger partial charge is 0.345 e. The lowest BCUT2D eigenvalue weighted by atomic mass is 9.92. The first kappa shape index (κ1) is 21.9. The Kier molecular flexibility index (Phi) is 8.36. The van der Waals surface area contributed by atoms with Gasteiger partial charge in [-0.15, -0.1) is 0 Å². The molecule has 0 bridgehead atoms. The van der Waals surface area contributed by atoms with Crippen LogP contribution in [0.4, 0.5) is 0 Å². The summed E-state index contributed by atoms with van der Waals surface area (Å²) in [7, 11) is 1.86. The Morgan fingerprint density at radius 1 is 1.13 bits per heavy atom. The van der Waals surface area contributed by atoms with Gasteiger partial charge in [-0.1, -0.05) is 12.1 Å². The number of aromatic nitrogens is 2. The van der Waals surface area contributed by atoms with E-state index in [1.54, 1.807) is 17.3 Å². The predicted molar refractivity (Wildman–Crippen MR) is 117 cm³/mol. The van der Waals surface area contributed by atoms with Crippen LogP contribution < -0.4 is 0 Å². The minimum atomic E-state index is 0.172. The molecule has 3 heterocycles. The van der Waals surface area contributed by atoms with E-state index in [9.17, 15) is 9.59 Å². The lowest BCUT2D eigenvalue weighted by Crippen LogP contribution is -2.40. The fourth-order valence-corrected chi connectivity index (χ4v) is 3.95. The summed E-state index contributed by atoms with van der Waals surface area (Å²) in [6.07, 6.45) is 10.9. The quantitative estimate of drug-likeness (QED) is 0.639. The normalized spacial score (nSPS) is 16.3. The highest BCUT2D eigenvalue weighted by Gasteiger charge is 2.24. The molecule has 2 aromatic rings. The first-order valence-electron chi connectivity index (χ1n) is 10.9. The van der Waals surface area contributed by atoms with Gasteiger partial charge in [-0.3, -0.25) is 19.6 Å². The predicted octanol–water partition coefficient (Wildman–Crippen LogP) is 3.13. The molecule has 1 saturated heterocycles. The maximum absolute atomic E-state index is 12.6. The smallest absolute Gasteiger partial charge is 0.222 e. The van der Waals surface area contributed by atoms with E-state index in [2.05, 4.69) is 9.97 Å². The number of carbonyl (C=O) groups excluding carboxylic acids is 2. The molecule has 2 aromatic heterocycles. The molecule has 0 aliphatic carbocycles. The first-order chi connectivity index (χ1) is 14.6. The number of carbonyl (C=O) groups is 2. The Morgan fingerprint density at radius 3 is 2.80 bits per heavy atom. The molecule has 160 valence electrons. The fourth-order valence-electron chi connectivity index (χ4n) is 3.95. The molecule has 30 heavy (non-hydrogen) atoms. The number of amides is 2. The molecule has 0 saturated carbocycles. The summed E-state index contributed by atoms with van der Waals surface area (Å²) >= 11 is 0. The van der Waals surface area contributed by atoms with E-state index >= 15 is 0 Å². The third-order valence-electron chi connectivity index (χ3n) is 5.84. The highest BCUT2D eigenvalue weighted by molar-refractivity contribution is 5.77.